The average molecular weight is 444 g/mol. The highest BCUT2D eigenvalue weighted by Crippen LogP contribution is 2.39. The van der Waals surface area contributed by atoms with E-state index in [-0.39, 0.29) is 41.6 Å². The molecule has 0 spiro atoms. The molecule has 0 bridgehead atoms. The van der Waals surface area contributed by atoms with E-state index in [2.05, 4.69) is 5.32 Å². The summed E-state index contributed by atoms with van der Waals surface area (Å²) in [6, 6.07) is 10.5. The molecule has 0 saturated carbocycles. The van der Waals surface area contributed by atoms with E-state index in [0.29, 0.717) is 10.6 Å². The van der Waals surface area contributed by atoms with E-state index in [1.165, 1.54) is 60.4 Å². The summed E-state index contributed by atoms with van der Waals surface area (Å²) in [6.07, 6.45) is 0. The van der Waals surface area contributed by atoms with Gasteiger partial charge in [-0.15, -0.1) is 0 Å². The Morgan fingerprint density at radius 3 is 2.32 bits per heavy atom. The Morgan fingerprint density at radius 2 is 1.77 bits per heavy atom. The third-order valence-corrected chi connectivity index (χ3v) is 5.06. The molecule has 0 aliphatic carbocycles. The fraction of sp³-hybridized carbons (Fsp3) is 0.190. The van der Waals surface area contributed by atoms with Gasteiger partial charge < -0.3 is 15.3 Å². The van der Waals surface area contributed by atoms with Crippen molar-refractivity contribution in [2.45, 2.75) is 13.0 Å². The van der Waals surface area contributed by atoms with Crippen molar-refractivity contribution in [3.63, 3.8) is 0 Å². The zero-order valence-electron chi connectivity index (χ0n) is 16.4. The molecule has 0 radical (unpaired) electrons. The smallest absolute Gasteiger partial charge is 0.295 e. The Bertz CT molecular complexity index is 1080. The van der Waals surface area contributed by atoms with E-state index in [9.17, 15) is 29.6 Å². The molecule has 2 amide bonds. The zero-order chi connectivity index (χ0) is 22.7. The number of Topliss-reactive ketones (excluding diaryl/α,β-unsaturated/α-hetero) is 1. The van der Waals surface area contributed by atoms with Crippen LogP contribution in [0.5, 0.6) is 0 Å². The predicted molar refractivity (Wildman–Crippen MR) is 112 cm³/mol. The number of ketones is 1. The van der Waals surface area contributed by atoms with Gasteiger partial charge in [0.15, 0.2) is 0 Å². The second kappa shape index (κ2) is 8.97. The highest BCUT2D eigenvalue weighted by Gasteiger charge is 2.45. The number of benzene rings is 2. The Labute approximate surface area is 182 Å². The number of carbonyl (C=O) groups is 3. The summed E-state index contributed by atoms with van der Waals surface area (Å²) in [5.74, 6) is -2.42. The lowest BCUT2D eigenvalue weighted by Gasteiger charge is -2.25. The molecule has 3 rings (SSSR count). The van der Waals surface area contributed by atoms with E-state index < -0.39 is 22.7 Å². The summed E-state index contributed by atoms with van der Waals surface area (Å²) >= 11 is 5.88. The third kappa shape index (κ3) is 4.56. The molecule has 1 atom stereocenters. The monoisotopic (exact) mass is 443 g/mol. The number of rotatable bonds is 6. The van der Waals surface area contributed by atoms with Gasteiger partial charge >= 0.3 is 0 Å². The highest BCUT2D eigenvalue weighted by atomic mass is 35.5. The standard InChI is InChI=1S/C21H18ClN3O6/c1-12(26)23-10-11-24-18(13-4-8-16(9-5-13)25(30)31)17(20(28)21(24)29)19(27)14-2-6-15(22)7-3-14/h2-9,18,27H,10-11H2,1H3,(H,23,26)/b19-17+/t18-/m1/s1. The van der Waals surface area contributed by atoms with Crippen LogP contribution in [-0.4, -0.2) is 45.6 Å². The Morgan fingerprint density at radius 1 is 1.16 bits per heavy atom. The zero-order valence-corrected chi connectivity index (χ0v) is 17.1. The van der Waals surface area contributed by atoms with Crippen LogP contribution in [0.3, 0.4) is 0 Å². The number of nitrogens with zero attached hydrogens (tertiary/aromatic N) is 2. The molecule has 2 aromatic carbocycles. The number of nitro groups is 1. The fourth-order valence-electron chi connectivity index (χ4n) is 3.35. The fourth-order valence-corrected chi connectivity index (χ4v) is 3.48. The van der Waals surface area contributed by atoms with Crippen molar-refractivity contribution < 1.29 is 24.4 Å². The summed E-state index contributed by atoms with van der Waals surface area (Å²) in [4.78, 5) is 48.4. The second-order valence-electron chi connectivity index (χ2n) is 6.83. The van der Waals surface area contributed by atoms with Gasteiger partial charge in [0.2, 0.25) is 5.91 Å². The van der Waals surface area contributed by atoms with Gasteiger partial charge in [-0.2, -0.15) is 0 Å². The summed E-state index contributed by atoms with van der Waals surface area (Å²) in [6.45, 7) is 1.42. The number of hydrogen-bond acceptors (Lipinski definition) is 6. The lowest BCUT2D eigenvalue weighted by Crippen LogP contribution is -2.37. The van der Waals surface area contributed by atoms with Gasteiger partial charge in [-0.3, -0.25) is 24.5 Å². The predicted octanol–water partition coefficient (Wildman–Crippen LogP) is 2.81. The first-order valence-electron chi connectivity index (χ1n) is 9.24. The molecular weight excluding hydrogens is 426 g/mol. The van der Waals surface area contributed by atoms with E-state index in [1.807, 2.05) is 0 Å². The molecule has 1 aliphatic rings. The minimum absolute atomic E-state index is 0.00318. The van der Waals surface area contributed by atoms with Crippen LogP contribution < -0.4 is 5.32 Å². The Hall–Kier alpha value is -3.72. The number of nitro benzene ring substituents is 1. The summed E-state index contributed by atoms with van der Waals surface area (Å²) in [7, 11) is 0. The first-order valence-corrected chi connectivity index (χ1v) is 9.61. The number of halogens is 1. The molecule has 2 N–H and O–H groups in total. The number of carbonyl (C=O) groups excluding carboxylic acids is 3. The van der Waals surface area contributed by atoms with Crippen LogP contribution in [0.4, 0.5) is 5.69 Å². The van der Waals surface area contributed by atoms with E-state index in [0.717, 1.165) is 0 Å². The number of likely N-dealkylation sites (tertiary alicyclic amines) is 1. The summed E-state index contributed by atoms with van der Waals surface area (Å²) in [5.41, 5.74) is 0.389. The minimum atomic E-state index is -0.981. The van der Waals surface area contributed by atoms with Gasteiger partial charge in [0.05, 0.1) is 16.5 Å². The van der Waals surface area contributed by atoms with Gasteiger partial charge in [0.1, 0.15) is 5.76 Å². The van der Waals surface area contributed by atoms with Crippen molar-refractivity contribution in [1.82, 2.24) is 10.2 Å². The second-order valence-corrected chi connectivity index (χ2v) is 7.27. The minimum Gasteiger partial charge on any atom is -0.507 e. The first kappa shape index (κ1) is 22.0. The van der Waals surface area contributed by atoms with Crippen molar-refractivity contribution >= 4 is 40.6 Å². The van der Waals surface area contributed by atoms with Gasteiger partial charge in [0.25, 0.3) is 17.4 Å². The molecule has 2 aromatic rings. The molecular formula is C21H18ClN3O6. The number of hydrogen-bond donors (Lipinski definition) is 2. The van der Waals surface area contributed by atoms with Gasteiger partial charge in [0, 0.05) is 42.7 Å². The van der Waals surface area contributed by atoms with E-state index in [4.69, 9.17) is 11.6 Å². The van der Waals surface area contributed by atoms with Crippen LogP contribution in [0.15, 0.2) is 54.1 Å². The van der Waals surface area contributed by atoms with Crippen LogP contribution in [-0.2, 0) is 14.4 Å². The Kier molecular flexibility index (Phi) is 6.36. The molecule has 1 aliphatic heterocycles. The quantitative estimate of drug-likeness (QED) is 0.232. The van der Waals surface area contributed by atoms with Crippen molar-refractivity contribution in [1.29, 1.82) is 0 Å². The Balaban J connectivity index is 2.10. The van der Waals surface area contributed by atoms with Crippen LogP contribution in [0, 0.1) is 10.1 Å². The molecule has 0 unspecified atom stereocenters. The van der Waals surface area contributed by atoms with E-state index in [1.54, 1.807) is 0 Å². The van der Waals surface area contributed by atoms with Crippen LogP contribution in [0.2, 0.25) is 5.02 Å². The number of aliphatic hydroxyl groups excluding tert-OH is 1. The van der Waals surface area contributed by atoms with Gasteiger partial charge in [-0.25, -0.2) is 0 Å². The molecule has 1 fully saturated rings. The molecule has 1 heterocycles. The van der Waals surface area contributed by atoms with Crippen molar-refractivity contribution in [3.8, 4) is 0 Å². The maximum absolute atomic E-state index is 12.8. The molecule has 9 nitrogen and oxygen atoms in total. The topological polar surface area (TPSA) is 130 Å². The average Bonchev–Trinajstić information content (AvgIpc) is 2.98. The van der Waals surface area contributed by atoms with E-state index >= 15 is 0 Å². The van der Waals surface area contributed by atoms with Gasteiger partial charge in [-0.1, -0.05) is 11.6 Å². The maximum Gasteiger partial charge on any atom is 0.295 e. The molecule has 10 heteroatoms. The summed E-state index contributed by atoms with van der Waals surface area (Å²) in [5, 5.41) is 24.8. The van der Waals surface area contributed by atoms with Crippen LogP contribution >= 0.6 is 11.6 Å². The number of aliphatic hydroxyl groups is 1. The number of amides is 2. The molecule has 31 heavy (non-hydrogen) atoms. The number of nitrogens with one attached hydrogen (secondary N) is 1. The lowest BCUT2D eigenvalue weighted by molar-refractivity contribution is -0.384. The van der Waals surface area contributed by atoms with Crippen molar-refractivity contribution in [2.24, 2.45) is 0 Å². The van der Waals surface area contributed by atoms with Crippen LogP contribution in [0.25, 0.3) is 5.76 Å². The number of non-ortho nitro benzene ring substituents is 1. The maximum atomic E-state index is 12.8. The normalized spacial score (nSPS) is 17.6. The first-order chi connectivity index (χ1) is 14.7. The third-order valence-electron chi connectivity index (χ3n) is 4.80. The molecule has 160 valence electrons. The van der Waals surface area contributed by atoms with Crippen molar-refractivity contribution in [3.05, 3.63) is 80.4 Å². The SMILES string of the molecule is CC(=O)NCCN1C(=O)C(=O)/C(=C(/O)c2ccc(Cl)cc2)[C@H]1c1ccc([N+](=O)[O-])cc1. The largest absolute Gasteiger partial charge is 0.507 e. The molecule has 1 saturated heterocycles. The summed E-state index contributed by atoms with van der Waals surface area (Å²) < 4.78 is 0. The van der Waals surface area contributed by atoms with Crippen molar-refractivity contribution in [2.75, 3.05) is 13.1 Å². The highest BCUT2D eigenvalue weighted by molar-refractivity contribution is 6.46. The van der Waals surface area contributed by atoms with Gasteiger partial charge in [-0.05, 0) is 42.0 Å². The lowest BCUT2D eigenvalue weighted by atomic mass is 9.95. The molecule has 0 aromatic heterocycles. The van der Waals surface area contributed by atoms with Crippen LogP contribution in [0.1, 0.15) is 24.1 Å².